The molecule has 0 fully saturated rings. The lowest BCUT2D eigenvalue weighted by atomic mass is 10.0. The van der Waals surface area contributed by atoms with Crippen LogP contribution in [-0.2, 0) is 4.79 Å². The van der Waals surface area contributed by atoms with Gasteiger partial charge in [-0.2, -0.15) is 18.3 Å². The summed E-state index contributed by atoms with van der Waals surface area (Å²) < 4.78 is 38.0. The van der Waals surface area contributed by atoms with Crippen LogP contribution in [0.2, 0.25) is 0 Å². The number of alkyl halides is 3. The van der Waals surface area contributed by atoms with E-state index in [-0.39, 0.29) is 10.8 Å². The zero-order valence-electron chi connectivity index (χ0n) is 13.6. The fourth-order valence-corrected chi connectivity index (χ4v) is 2.28. The highest BCUT2D eigenvalue weighted by molar-refractivity contribution is 7.80. The summed E-state index contributed by atoms with van der Waals surface area (Å²) in [5.74, 6) is -1.88. The van der Waals surface area contributed by atoms with Crippen LogP contribution >= 0.6 is 12.2 Å². The van der Waals surface area contributed by atoms with E-state index >= 15 is 0 Å². The Morgan fingerprint density at radius 3 is 2.54 bits per heavy atom. The van der Waals surface area contributed by atoms with E-state index in [4.69, 9.17) is 12.2 Å². The van der Waals surface area contributed by atoms with Gasteiger partial charge in [0.1, 0.15) is 0 Å². The first-order valence-electron chi connectivity index (χ1n) is 7.61. The molecule has 2 rings (SSSR count). The maximum Gasteiger partial charge on any atom is 0.450 e. The van der Waals surface area contributed by atoms with Crippen LogP contribution in [0.1, 0.15) is 12.0 Å². The topological polar surface area (TPSA) is 53.5 Å². The van der Waals surface area contributed by atoms with Crippen LogP contribution in [0.15, 0.2) is 60.2 Å². The number of ketones is 1. The highest BCUT2D eigenvalue weighted by Gasteiger charge is 2.38. The molecule has 0 unspecified atom stereocenters. The number of hydrogen-bond donors (Lipinski definition) is 2. The van der Waals surface area contributed by atoms with Crippen LogP contribution in [0.4, 0.5) is 13.2 Å². The van der Waals surface area contributed by atoms with E-state index in [9.17, 15) is 18.0 Å². The Balaban J connectivity index is 2.32. The predicted molar refractivity (Wildman–Crippen MR) is 100 cm³/mol. The van der Waals surface area contributed by atoms with Gasteiger partial charge < -0.3 is 5.32 Å². The molecule has 136 valence electrons. The van der Waals surface area contributed by atoms with Crippen molar-refractivity contribution >= 4 is 39.6 Å². The summed E-state index contributed by atoms with van der Waals surface area (Å²) in [5, 5.41) is 8.52. The SMILES string of the molecule is C=CCNC(=S)N/N=C(/CC(=O)C(F)(F)F)c1ccc2ccccc2c1. The summed E-state index contributed by atoms with van der Waals surface area (Å²) in [6.07, 6.45) is -4.26. The largest absolute Gasteiger partial charge is 0.450 e. The number of fused-ring (bicyclic) bond motifs is 1. The van der Waals surface area contributed by atoms with Gasteiger partial charge >= 0.3 is 6.18 Å². The van der Waals surface area contributed by atoms with E-state index in [1.54, 1.807) is 24.3 Å². The molecule has 0 bridgehead atoms. The molecule has 0 amide bonds. The average molecular weight is 379 g/mol. The van der Waals surface area contributed by atoms with Crippen LogP contribution in [0, 0.1) is 0 Å². The van der Waals surface area contributed by atoms with Gasteiger partial charge in [0.25, 0.3) is 0 Å². The van der Waals surface area contributed by atoms with Crippen LogP contribution in [0.5, 0.6) is 0 Å². The summed E-state index contributed by atoms with van der Waals surface area (Å²) in [6.45, 7) is 3.88. The van der Waals surface area contributed by atoms with Crippen molar-refractivity contribution in [1.29, 1.82) is 0 Å². The predicted octanol–water partition coefficient (Wildman–Crippen LogP) is 3.72. The Morgan fingerprint density at radius 2 is 1.88 bits per heavy atom. The van der Waals surface area contributed by atoms with E-state index in [0.29, 0.717) is 12.1 Å². The maximum atomic E-state index is 12.7. The summed E-state index contributed by atoms with van der Waals surface area (Å²) in [6, 6.07) is 12.4. The molecule has 0 aliphatic heterocycles. The molecule has 8 heteroatoms. The molecule has 0 spiro atoms. The fraction of sp³-hybridized carbons (Fsp3) is 0.167. The Hall–Kier alpha value is -2.74. The molecular weight excluding hydrogens is 363 g/mol. The van der Waals surface area contributed by atoms with Crippen molar-refractivity contribution in [1.82, 2.24) is 10.7 Å². The van der Waals surface area contributed by atoms with Gasteiger partial charge in [-0.05, 0) is 34.6 Å². The van der Waals surface area contributed by atoms with Crippen molar-refractivity contribution < 1.29 is 18.0 Å². The van der Waals surface area contributed by atoms with Gasteiger partial charge in [-0.15, -0.1) is 6.58 Å². The molecule has 0 heterocycles. The molecule has 4 nitrogen and oxygen atoms in total. The molecule has 0 aromatic heterocycles. The molecule has 0 atom stereocenters. The molecule has 0 aliphatic rings. The van der Waals surface area contributed by atoms with Crippen LogP contribution < -0.4 is 10.7 Å². The lowest BCUT2D eigenvalue weighted by Crippen LogP contribution is -2.33. The number of Topliss-reactive ketones (excluding diaryl/α,β-unsaturated/α-hetero) is 1. The van der Waals surface area contributed by atoms with Gasteiger partial charge in [-0.25, -0.2) is 0 Å². The van der Waals surface area contributed by atoms with Crippen molar-refractivity contribution in [3.05, 3.63) is 60.7 Å². The molecule has 2 aromatic rings. The molecule has 0 radical (unpaired) electrons. The Bertz CT molecular complexity index is 862. The van der Waals surface area contributed by atoms with E-state index < -0.39 is 18.4 Å². The van der Waals surface area contributed by atoms with Gasteiger partial charge in [-0.3, -0.25) is 10.2 Å². The van der Waals surface area contributed by atoms with Crippen molar-refractivity contribution in [2.75, 3.05) is 6.54 Å². The average Bonchev–Trinajstić information content (AvgIpc) is 2.61. The summed E-state index contributed by atoms with van der Waals surface area (Å²) >= 11 is 4.97. The normalized spacial score (nSPS) is 11.9. The van der Waals surface area contributed by atoms with E-state index in [1.165, 1.54) is 0 Å². The van der Waals surface area contributed by atoms with E-state index in [1.807, 2.05) is 24.3 Å². The van der Waals surface area contributed by atoms with Crippen LogP contribution in [0.3, 0.4) is 0 Å². The maximum absolute atomic E-state index is 12.7. The van der Waals surface area contributed by atoms with E-state index in [2.05, 4.69) is 22.4 Å². The zero-order chi connectivity index (χ0) is 19.2. The number of nitrogens with zero attached hydrogens (tertiary/aromatic N) is 1. The third-order valence-electron chi connectivity index (χ3n) is 3.43. The number of nitrogens with one attached hydrogen (secondary N) is 2. The summed E-state index contributed by atoms with van der Waals surface area (Å²) in [4.78, 5) is 11.4. The minimum atomic E-state index is -4.93. The van der Waals surface area contributed by atoms with Gasteiger partial charge in [0.15, 0.2) is 5.11 Å². The van der Waals surface area contributed by atoms with Gasteiger partial charge in [0.2, 0.25) is 5.78 Å². The van der Waals surface area contributed by atoms with Crippen molar-refractivity contribution in [3.63, 3.8) is 0 Å². The Labute approximate surface area is 153 Å². The minimum Gasteiger partial charge on any atom is -0.358 e. The van der Waals surface area contributed by atoms with E-state index in [0.717, 1.165) is 10.8 Å². The number of rotatable bonds is 6. The second-order valence-corrected chi connectivity index (χ2v) is 5.74. The number of benzene rings is 2. The lowest BCUT2D eigenvalue weighted by Gasteiger charge is -2.11. The minimum absolute atomic E-state index is 0.0548. The molecule has 2 aromatic carbocycles. The number of carbonyl (C=O) groups is 1. The second-order valence-electron chi connectivity index (χ2n) is 5.33. The third-order valence-corrected chi connectivity index (χ3v) is 3.66. The Kier molecular flexibility index (Phi) is 6.46. The zero-order valence-corrected chi connectivity index (χ0v) is 14.5. The lowest BCUT2D eigenvalue weighted by molar-refractivity contribution is -0.169. The van der Waals surface area contributed by atoms with Gasteiger partial charge in [0.05, 0.1) is 12.1 Å². The fourth-order valence-electron chi connectivity index (χ4n) is 2.15. The molecule has 2 N–H and O–H groups in total. The van der Waals surface area contributed by atoms with Crippen LogP contribution in [-0.4, -0.2) is 29.3 Å². The third kappa shape index (κ3) is 5.38. The number of carbonyl (C=O) groups excluding carboxylic acids is 1. The molecular formula is C18H16F3N3OS. The number of hydrazone groups is 1. The number of hydrogen-bond acceptors (Lipinski definition) is 3. The summed E-state index contributed by atoms with van der Waals surface area (Å²) in [7, 11) is 0. The molecule has 0 saturated heterocycles. The molecule has 0 saturated carbocycles. The quantitative estimate of drug-likeness (QED) is 0.348. The van der Waals surface area contributed by atoms with Gasteiger partial charge in [-0.1, -0.05) is 42.5 Å². The molecule has 0 aliphatic carbocycles. The Morgan fingerprint density at radius 1 is 1.19 bits per heavy atom. The monoisotopic (exact) mass is 379 g/mol. The van der Waals surface area contributed by atoms with Crippen molar-refractivity contribution in [3.8, 4) is 0 Å². The smallest absolute Gasteiger partial charge is 0.358 e. The second kappa shape index (κ2) is 8.57. The molecule has 26 heavy (non-hydrogen) atoms. The number of halogens is 3. The van der Waals surface area contributed by atoms with Crippen molar-refractivity contribution in [2.45, 2.75) is 12.6 Å². The standard InChI is InChI=1S/C18H16F3N3OS/c1-2-9-22-17(26)24-23-15(11-16(25)18(19,20)21)14-8-7-12-5-3-4-6-13(12)10-14/h2-8,10H,1,9,11H2,(H2,22,24,26)/b23-15-. The highest BCUT2D eigenvalue weighted by atomic mass is 32.1. The first-order chi connectivity index (χ1) is 12.3. The first-order valence-corrected chi connectivity index (χ1v) is 8.02. The summed E-state index contributed by atoms with van der Waals surface area (Å²) in [5.41, 5.74) is 2.81. The van der Waals surface area contributed by atoms with Gasteiger partial charge in [0, 0.05) is 6.54 Å². The van der Waals surface area contributed by atoms with Crippen LogP contribution in [0.25, 0.3) is 10.8 Å². The number of thiocarbonyl (C=S) groups is 1. The van der Waals surface area contributed by atoms with Crippen molar-refractivity contribution in [2.24, 2.45) is 5.10 Å². The first kappa shape index (κ1) is 19.6. The highest BCUT2D eigenvalue weighted by Crippen LogP contribution is 2.21.